The van der Waals surface area contributed by atoms with Gasteiger partial charge in [-0.05, 0) is 6.42 Å². The Morgan fingerprint density at radius 2 is 0.621 bits per heavy atom. The first-order valence-corrected chi connectivity index (χ1v) is 9.95. The van der Waals surface area contributed by atoms with Crippen molar-refractivity contribution >= 4 is 0 Å². The van der Waals surface area contributed by atoms with Crippen LogP contribution in [0.5, 0.6) is 0 Å². The molecule has 0 heterocycles. The fourth-order valence-corrected chi connectivity index (χ4v) is 1.75. The maximum Gasteiger partial charge on any atom is -0.0350 e. The minimum atomic E-state index is 1.14. The molecule has 0 atom stereocenters. The number of allylic oxidation sites excluding steroid dienone is 25. The van der Waals surface area contributed by atoms with E-state index in [-0.39, 0.29) is 0 Å². The summed E-state index contributed by atoms with van der Waals surface area (Å²) in [5, 5.41) is 0. The van der Waals surface area contributed by atoms with Crippen molar-refractivity contribution in [2.75, 3.05) is 0 Å². The molecular weight excluding hydrogens is 348 g/mol. The molecule has 29 heavy (non-hydrogen) atoms. The normalized spacial score (nSPS) is 14.5. The van der Waals surface area contributed by atoms with Crippen LogP contribution in [0.15, 0.2) is 152 Å². The summed E-state index contributed by atoms with van der Waals surface area (Å²) >= 11 is 0. The second-order valence-corrected chi connectivity index (χ2v) is 5.64. The van der Waals surface area contributed by atoms with Crippen LogP contribution in [0.25, 0.3) is 0 Å². The Bertz CT molecular complexity index is 733. The highest BCUT2D eigenvalue weighted by atomic mass is 13.8. The summed E-state index contributed by atoms with van der Waals surface area (Å²) in [5.74, 6) is 0. The molecule has 1 radical (unpaired) electrons. The van der Waals surface area contributed by atoms with E-state index in [0.29, 0.717) is 0 Å². The van der Waals surface area contributed by atoms with Gasteiger partial charge in [-0.15, -0.1) is 0 Å². The second-order valence-electron chi connectivity index (χ2n) is 5.64. The Morgan fingerprint density at radius 3 is 0.862 bits per heavy atom. The van der Waals surface area contributed by atoms with Gasteiger partial charge in [-0.3, -0.25) is 0 Å². The highest BCUT2D eigenvalue weighted by Gasteiger charge is 1.69. The largest absolute Gasteiger partial charge is 0.0845 e. The summed E-state index contributed by atoms with van der Waals surface area (Å²) in [5.41, 5.74) is 0. The lowest BCUT2D eigenvalue weighted by molar-refractivity contribution is 0.959. The smallest absolute Gasteiger partial charge is 0.0350 e. The van der Waals surface area contributed by atoms with E-state index in [4.69, 9.17) is 6.58 Å². The average Bonchev–Trinajstić information content (AvgIpc) is 2.74. The molecule has 0 aromatic heterocycles. The quantitative estimate of drug-likeness (QED) is 0.265. The maximum absolute atomic E-state index is 5.22. The Balaban J connectivity index is 3.93. The van der Waals surface area contributed by atoms with Crippen molar-refractivity contribution in [3.63, 3.8) is 0 Å². The van der Waals surface area contributed by atoms with Crippen molar-refractivity contribution in [3.8, 4) is 0 Å². The molecule has 0 aliphatic rings. The summed E-state index contributed by atoms with van der Waals surface area (Å²) in [4.78, 5) is 0. The van der Waals surface area contributed by atoms with E-state index in [1.165, 1.54) is 12.5 Å². The first kappa shape index (κ1) is 25.6. The van der Waals surface area contributed by atoms with Crippen molar-refractivity contribution in [3.05, 3.63) is 158 Å². The molecule has 0 fully saturated rings. The zero-order valence-electron chi connectivity index (χ0n) is 17.4. The molecule has 0 aromatic carbocycles. The molecule has 0 aliphatic heterocycles. The van der Waals surface area contributed by atoms with Crippen LogP contribution in [0.4, 0.5) is 0 Å². The van der Waals surface area contributed by atoms with Gasteiger partial charge in [0.15, 0.2) is 0 Å². The van der Waals surface area contributed by atoms with Crippen molar-refractivity contribution in [1.82, 2.24) is 0 Å². The number of hydrogen-bond acceptors (Lipinski definition) is 0. The highest BCUT2D eigenvalue weighted by Crippen LogP contribution is 1.90. The molecule has 0 amide bonds. The lowest BCUT2D eigenvalue weighted by Gasteiger charge is -1.79. The molecule has 0 aromatic rings. The molecular formula is C29H33. The molecule has 0 saturated carbocycles. The first-order valence-electron chi connectivity index (χ1n) is 9.95. The summed E-state index contributed by atoms with van der Waals surface area (Å²) in [6.07, 6.45) is 51.6. The summed E-state index contributed by atoms with van der Waals surface area (Å²) in [6, 6.07) is 0. The van der Waals surface area contributed by atoms with Crippen LogP contribution < -0.4 is 0 Å². The predicted octanol–water partition coefficient (Wildman–Crippen LogP) is 8.45. The van der Waals surface area contributed by atoms with Crippen LogP contribution in [0.3, 0.4) is 0 Å². The first-order chi connectivity index (χ1) is 14.4. The van der Waals surface area contributed by atoms with E-state index < -0.39 is 0 Å². The fourth-order valence-electron chi connectivity index (χ4n) is 1.75. The third-order valence-corrected chi connectivity index (χ3v) is 3.15. The maximum atomic E-state index is 5.22. The van der Waals surface area contributed by atoms with E-state index >= 15 is 0 Å². The fraction of sp³-hybridized carbons (Fsp3) is 0.103. The van der Waals surface area contributed by atoms with Crippen LogP contribution in [0, 0.1) is 6.58 Å². The second kappa shape index (κ2) is 24.6. The van der Waals surface area contributed by atoms with Gasteiger partial charge in [0.1, 0.15) is 0 Å². The van der Waals surface area contributed by atoms with E-state index in [1.807, 2.05) is 128 Å². The van der Waals surface area contributed by atoms with E-state index in [2.05, 4.69) is 19.1 Å². The third kappa shape index (κ3) is 24.6. The Labute approximate surface area is 178 Å². The Morgan fingerprint density at radius 1 is 0.379 bits per heavy atom. The lowest BCUT2D eigenvalue weighted by atomic mass is 10.3. The van der Waals surface area contributed by atoms with Crippen LogP contribution in [-0.2, 0) is 0 Å². The monoisotopic (exact) mass is 381 g/mol. The molecule has 0 rings (SSSR count). The highest BCUT2D eigenvalue weighted by molar-refractivity contribution is 5.23. The van der Waals surface area contributed by atoms with E-state index in [1.54, 1.807) is 6.08 Å². The minimum Gasteiger partial charge on any atom is -0.0845 e. The number of unbranched alkanes of at least 4 members (excludes halogenated alkanes) is 1. The van der Waals surface area contributed by atoms with Crippen molar-refractivity contribution in [2.45, 2.75) is 19.8 Å². The van der Waals surface area contributed by atoms with Gasteiger partial charge < -0.3 is 0 Å². The predicted molar refractivity (Wildman–Crippen MR) is 133 cm³/mol. The number of rotatable bonds is 14. The van der Waals surface area contributed by atoms with Crippen LogP contribution >= 0.6 is 0 Å². The van der Waals surface area contributed by atoms with Crippen LogP contribution in [-0.4, -0.2) is 0 Å². The molecule has 0 spiro atoms. The van der Waals surface area contributed by atoms with Gasteiger partial charge in [0.05, 0.1) is 0 Å². The molecule has 0 N–H and O–H groups in total. The van der Waals surface area contributed by atoms with Crippen molar-refractivity contribution in [1.29, 1.82) is 0 Å². The zero-order chi connectivity index (χ0) is 21.1. The summed E-state index contributed by atoms with van der Waals surface area (Å²) in [7, 11) is 0. The van der Waals surface area contributed by atoms with Gasteiger partial charge in [-0.2, -0.15) is 0 Å². The molecule has 0 saturated heterocycles. The molecule has 0 nitrogen and oxygen atoms in total. The van der Waals surface area contributed by atoms with E-state index in [9.17, 15) is 0 Å². The van der Waals surface area contributed by atoms with Gasteiger partial charge in [0, 0.05) is 0 Å². The van der Waals surface area contributed by atoms with Gasteiger partial charge >= 0.3 is 0 Å². The van der Waals surface area contributed by atoms with Gasteiger partial charge in [0.25, 0.3) is 0 Å². The van der Waals surface area contributed by atoms with Gasteiger partial charge in [-0.25, -0.2) is 0 Å². The molecule has 149 valence electrons. The van der Waals surface area contributed by atoms with Crippen molar-refractivity contribution < 1.29 is 0 Å². The molecule has 0 aliphatic carbocycles. The zero-order valence-corrected chi connectivity index (χ0v) is 17.4. The third-order valence-electron chi connectivity index (χ3n) is 3.15. The van der Waals surface area contributed by atoms with Crippen molar-refractivity contribution in [2.24, 2.45) is 0 Å². The summed E-state index contributed by atoms with van der Waals surface area (Å²) < 4.78 is 0. The Hall–Kier alpha value is -3.38. The van der Waals surface area contributed by atoms with Crippen LogP contribution in [0.1, 0.15) is 19.8 Å². The lowest BCUT2D eigenvalue weighted by Crippen LogP contribution is -1.58. The summed E-state index contributed by atoms with van der Waals surface area (Å²) in [6.45, 7) is 7.40. The SMILES string of the molecule is [CH]=CC=CC=CC=CC=CC=CC=CC=CC=CC=CC=CC=CC=CCCC. The topological polar surface area (TPSA) is 0 Å². The molecule has 0 unspecified atom stereocenters. The molecule has 0 heteroatoms. The average molecular weight is 382 g/mol. The molecule has 0 bridgehead atoms. The standard InChI is InChI=1S/C29H33/c1-3-5-7-9-11-13-15-17-19-21-23-25-27-29-28-26-24-22-20-18-16-14-12-10-8-6-4-2/h1,3,5,7-29H,4,6H2,2H3. The van der Waals surface area contributed by atoms with E-state index in [0.717, 1.165) is 6.42 Å². The number of hydrogen-bond donors (Lipinski definition) is 0. The minimum absolute atomic E-state index is 1.14. The van der Waals surface area contributed by atoms with Gasteiger partial charge in [0.2, 0.25) is 0 Å². The Kier molecular flexibility index (Phi) is 21.8. The van der Waals surface area contributed by atoms with Crippen LogP contribution in [0.2, 0.25) is 0 Å². The van der Waals surface area contributed by atoms with Gasteiger partial charge in [-0.1, -0.05) is 172 Å².